The van der Waals surface area contributed by atoms with Gasteiger partial charge in [0.05, 0.1) is 34.0 Å². The van der Waals surface area contributed by atoms with Crippen molar-refractivity contribution >= 4 is 69.1 Å². The minimum atomic E-state index is -0.305. The molecule has 2 N–H and O–H groups in total. The molecule has 1 aromatic heterocycles. The summed E-state index contributed by atoms with van der Waals surface area (Å²) in [5.41, 5.74) is 6.39. The Balaban J connectivity index is 1.64. The van der Waals surface area contributed by atoms with E-state index in [-0.39, 0.29) is 29.4 Å². The number of thiocarbonyl (C=S) groups is 1. The summed E-state index contributed by atoms with van der Waals surface area (Å²) < 4.78 is 0. The molecule has 0 spiro atoms. The molecule has 0 bridgehead atoms. The lowest BCUT2D eigenvalue weighted by molar-refractivity contribution is -0.118. The van der Waals surface area contributed by atoms with Crippen molar-refractivity contribution in [2.24, 2.45) is 5.92 Å². The predicted molar refractivity (Wildman–Crippen MR) is 170 cm³/mol. The average Bonchev–Trinajstić information content (AvgIpc) is 3.25. The highest BCUT2D eigenvalue weighted by Crippen LogP contribution is 2.48. The number of fused-ring (bicyclic) bond motifs is 1. The third kappa shape index (κ3) is 5.06. The minimum Gasteiger partial charge on any atom is -0.365 e. The van der Waals surface area contributed by atoms with Gasteiger partial charge in [0.1, 0.15) is 0 Å². The monoisotopic (exact) mass is 593 g/mol. The van der Waals surface area contributed by atoms with Crippen LogP contribution in [0, 0.1) is 5.92 Å². The summed E-state index contributed by atoms with van der Waals surface area (Å²) in [7, 11) is 2.09. The Morgan fingerprint density at radius 2 is 1.88 bits per heavy atom. The fraction of sp³-hybridized carbons (Fsp3) is 0.323. The maximum Gasteiger partial charge on any atom is 0.226 e. The van der Waals surface area contributed by atoms with Crippen molar-refractivity contribution in [3.8, 4) is 0 Å². The van der Waals surface area contributed by atoms with E-state index in [4.69, 9.17) is 35.4 Å². The summed E-state index contributed by atoms with van der Waals surface area (Å²) in [5.74, 6) is -0.263. The quantitative estimate of drug-likeness (QED) is 0.294. The number of rotatable bonds is 5. The average molecular weight is 595 g/mol. The summed E-state index contributed by atoms with van der Waals surface area (Å²) in [6.07, 6.45) is 4.06. The number of anilines is 3. The van der Waals surface area contributed by atoms with E-state index in [1.807, 2.05) is 55.1 Å². The van der Waals surface area contributed by atoms with Crippen LogP contribution in [0.15, 0.2) is 60.8 Å². The molecule has 9 heteroatoms. The Kier molecular flexibility index (Phi) is 7.59. The van der Waals surface area contributed by atoms with Crippen LogP contribution in [-0.4, -0.2) is 28.6 Å². The third-order valence-corrected chi connectivity index (χ3v) is 8.72. The Hall–Kier alpha value is -3.13. The van der Waals surface area contributed by atoms with Crippen LogP contribution >= 0.6 is 35.4 Å². The topological polar surface area (TPSA) is 60.5 Å². The van der Waals surface area contributed by atoms with Crippen molar-refractivity contribution in [3.05, 3.63) is 87.7 Å². The molecule has 40 heavy (non-hydrogen) atoms. The predicted octanol–water partition coefficient (Wildman–Crippen LogP) is 7.79. The largest absolute Gasteiger partial charge is 0.365 e. The number of pyridine rings is 1. The number of allylic oxidation sites excluding steroid dienone is 1. The fourth-order valence-corrected chi connectivity index (χ4v) is 6.23. The molecule has 2 aliphatic heterocycles. The number of hydrogen-bond donors (Lipinski definition) is 2. The van der Waals surface area contributed by atoms with Crippen LogP contribution in [0.5, 0.6) is 0 Å². The Labute approximate surface area is 251 Å². The number of hydrogen-bond acceptors (Lipinski definition) is 4. The van der Waals surface area contributed by atoms with Crippen LogP contribution < -0.4 is 20.4 Å². The molecular formula is C31H33Cl2N5OS. The van der Waals surface area contributed by atoms with E-state index < -0.39 is 0 Å². The fourth-order valence-electron chi connectivity index (χ4n) is 5.40. The molecule has 0 saturated carbocycles. The maximum atomic E-state index is 12.3. The third-order valence-electron chi connectivity index (χ3n) is 7.77. The summed E-state index contributed by atoms with van der Waals surface area (Å²) in [6, 6.07) is 15.1. The number of carbonyl (C=O) groups excluding carboxylic acids is 1. The maximum absolute atomic E-state index is 12.3. The van der Waals surface area contributed by atoms with E-state index in [2.05, 4.69) is 66.5 Å². The Morgan fingerprint density at radius 1 is 1.12 bits per heavy atom. The van der Waals surface area contributed by atoms with Crippen LogP contribution in [0.2, 0.25) is 10.0 Å². The van der Waals surface area contributed by atoms with Crippen molar-refractivity contribution in [3.63, 3.8) is 0 Å². The SMILES string of the molecule is CC1=CC(C)(C)N(C)c2cc(Cl)c(C3C(c4ccccn4)NC(=S)N3c3ccc(NC(=O)C(C)C)c(Cl)c3)cc21. The van der Waals surface area contributed by atoms with Gasteiger partial charge >= 0.3 is 0 Å². The standard InChI is InChI=1S/C31H33Cl2N5OS/c1-17(2)29(39)35-24-11-10-19(13-23(24)33)38-28(27(36-30(38)40)25-9-7-8-12-34-25)21-14-20-18(3)16-31(4,5)37(6)26(20)15-22(21)32/h7-17,27-28H,1-6H3,(H,35,39)(H,36,40). The van der Waals surface area contributed by atoms with Crippen molar-refractivity contribution in [1.29, 1.82) is 0 Å². The second kappa shape index (κ2) is 10.7. The molecular weight excluding hydrogens is 561 g/mol. The normalized spacial score (nSPS) is 19.8. The lowest BCUT2D eigenvalue weighted by Gasteiger charge is -2.41. The van der Waals surface area contributed by atoms with Gasteiger partial charge in [0, 0.05) is 41.1 Å². The molecule has 1 amide bonds. The summed E-state index contributed by atoms with van der Waals surface area (Å²) in [4.78, 5) is 21.2. The second-order valence-electron chi connectivity index (χ2n) is 11.2. The lowest BCUT2D eigenvalue weighted by Crippen LogP contribution is -2.42. The molecule has 0 radical (unpaired) electrons. The van der Waals surface area contributed by atoms with Crippen molar-refractivity contribution < 1.29 is 4.79 Å². The van der Waals surface area contributed by atoms with Crippen molar-refractivity contribution in [2.45, 2.75) is 52.2 Å². The molecule has 0 aliphatic carbocycles. The number of benzene rings is 2. The first kappa shape index (κ1) is 28.4. The molecule has 3 heterocycles. The highest BCUT2D eigenvalue weighted by atomic mass is 35.5. The highest BCUT2D eigenvalue weighted by Gasteiger charge is 2.42. The van der Waals surface area contributed by atoms with E-state index in [1.165, 1.54) is 5.57 Å². The van der Waals surface area contributed by atoms with Crippen molar-refractivity contribution in [1.82, 2.24) is 10.3 Å². The van der Waals surface area contributed by atoms with Crippen LogP contribution in [0.3, 0.4) is 0 Å². The van der Waals surface area contributed by atoms with Crippen LogP contribution in [-0.2, 0) is 4.79 Å². The van der Waals surface area contributed by atoms with E-state index in [0.29, 0.717) is 20.8 Å². The van der Waals surface area contributed by atoms with Crippen LogP contribution in [0.1, 0.15) is 63.5 Å². The van der Waals surface area contributed by atoms with Gasteiger partial charge in [-0.3, -0.25) is 9.78 Å². The Bertz CT molecular complexity index is 1520. The summed E-state index contributed by atoms with van der Waals surface area (Å²) >= 11 is 19.7. The molecule has 1 fully saturated rings. The molecule has 208 valence electrons. The number of halogens is 2. The van der Waals surface area contributed by atoms with E-state index in [9.17, 15) is 4.79 Å². The number of nitrogens with zero attached hydrogens (tertiary/aromatic N) is 3. The van der Waals surface area contributed by atoms with Crippen LogP contribution in [0.4, 0.5) is 17.1 Å². The van der Waals surface area contributed by atoms with Gasteiger partial charge in [0.15, 0.2) is 5.11 Å². The number of amides is 1. The smallest absolute Gasteiger partial charge is 0.226 e. The summed E-state index contributed by atoms with van der Waals surface area (Å²) in [5, 5.41) is 7.99. The molecule has 2 aromatic carbocycles. The van der Waals surface area contributed by atoms with Crippen molar-refractivity contribution in [2.75, 3.05) is 22.2 Å². The number of carbonyl (C=O) groups is 1. The first-order valence-electron chi connectivity index (χ1n) is 13.3. The van der Waals surface area contributed by atoms with Gasteiger partial charge in [-0.05, 0) is 86.6 Å². The number of aromatic nitrogens is 1. The van der Waals surface area contributed by atoms with Gasteiger partial charge in [-0.1, -0.05) is 49.2 Å². The molecule has 6 nitrogen and oxygen atoms in total. The molecule has 3 aromatic rings. The Morgan fingerprint density at radius 3 is 2.52 bits per heavy atom. The highest BCUT2D eigenvalue weighted by molar-refractivity contribution is 7.80. The zero-order chi connectivity index (χ0) is 28.9. The molecule has 5 rings (SSSR count). The first-order chi connectivity index (χ1) is 18.9. The summed E-state index contributed by atoms with van der Waals surface area (Å²) in [6.45, 7) is 10.2. The van der Waals surface area contributed by atoms with E-state index in [1.54, 1.807) is 6.20 Å². The number of nitrogens with one attached hydrogen (secondary N) is 2. The lowest BCUT2D eigenvalue weighted by atomic mass is 9.86. The molecule has 1 saturated heterocycles. The van der Waals surface area contributed by atoms with E-state index >= 15 is 0 Å². The zero-order valence-corrected chi connectivity index (χ0v) is 25.7. The van der Waals surface area contributed by atoms with Crippen LogP contribution in [0.25, 0.3) is 5.57 Å². The van der Waals surface area contributed by atoms with Gasteiger partial charge in [0.2, 0.25) is 5.91 Å². The van der Waals surface area contributed by atoms with Gasteiger partial charge in [0.25, 0.3) is 0 Å². The van der Waals surface area contributed by atoms with Gasteiger partial charge in [-0.15, -0.1) is 0 Å². The minimum absolute atomic E-state index is 0.0986. The zero-order valence-electron chi connectivity index (χ0n) is 23.4. The van der Waals surface area contributed by atoms with Gasteiger partial charge in [-0.2, -0.15) is 0 Å². The van der Waals surface area contributed by atoms with Gasteiger partial charge in [-0.25, -0.2) is 0 Å². The number of likely N-dealkylation sites (N-methyl/N-ethyl adjacent to an activating group) is 1. The molecule has 2 aliphatic rings. The van der Waals surface area contributed by atoms with E-state index in [0.717, 1.165) is 28.2 Å². The molecule has 2 unspecified atom stereocenters. The first-order valence-corrected chi connectivity index (χ1v) is 14.4. The van der Waals surface area contributed by atoms with Gasteiger partial charge < -0.3 is 20.4 Å². The molecule has 2 atom stereocenters. The second-order valence-corrected chi connectivity index (χ2v) is 12.4.